The van der Waals surface area contributed by atoms with Gasteiger partial charge in [0.1, 0.15) is 0 Å². The summed E-state index contributed by atoms with van der Waals surface area (Å²) < 4.78 is 13.5. The minimum absolute atomic E-state index is 0.247. The van der Waals surface area contributed by atoms with E-state index in [1.54, 1.807) is 0 Å². The first kappa shape index (κ1) is 14.8. The Morgan fingerprint density at radius 1 is 0.727 bits per heavy atom. The predicted molar refractivity (Wildman–Crippen MR) is 95.5 cm³/mol. The van der Waals surface area contributed by atoms with Crippen molar-refractivity contribution in [1.29, 1.82) is 0 Å². The molecule has 0 radical (unpaired) electrons. The number of rotatable bonds is 5. The Morgan fingerprint density at radius 2 is 1.18 bits per heavy atom. The van der Waals surface area contributed by atoms with Crippen molar-refractivity contribution in [3.8, 4) is 0 Å². The van der Waals surface area contributed by atoms with Crippen LogP contribution in [0.2, 0.25) is 0 Å². The van der Waals surface area contributed by atoms with Gasteiger partial charge in [-0.25, -0.2) is 0 Å². The summed E-state index contributed by atoms with van der Waals surface area (Å²) in [5.41, 5.74) is 0. The summed E-state index contributed by atoms with van der Waals surface area (Å²) in [6, 6.07) is 9.71. The van der Waals surface area contributed by atoms with E-state index in [-0.39, 0.29) is 11.8 Å². The molecule has 0 heterocycles. The molecule has 1 nitrogen and oxygen atoms in total. The van der Waals surface area contributed by atoms with E-state index in [2.05, 4.69) is 24.3 Å². The van der Waals surface area contributed by atoms with Crippen molar-refractivity contribution >= 4 is 12.4 Å². The second-order valence-corrected chi connectivity index (χ2v) is 7.95. The highest BCUT2D eigenvalue weighted by atomic mass is 31.2. The van der Waals surface area contributed by atoms with E-state index in [0.29, 0.717) is 0 Å². The summed E-state index contributed by atoms with van der Waals surface area (Å²) >= 11 is 0. The molecule has 0 saturated heterocycles. The predicted octanol–water partition coefficient (Wildman–Crippen LogP) is 5.19. The van der Waals surface area contributed by atoms with E-state index < -0.39 is 7.14 Å². The van der Waals surface area contributed by atoms with Gasteiger partial charge < -0.3 is 4.57 Å². The minimum Gasteiger partial charge on any atom is -0.310 e. The Balaban J connectivity index is 1.89. The van der Waals surface area contributed by atoms with Gasteiger partial charge in [0.2, 0.25) is 0 Å². The fraction of sp³-hybridized carbons (Fsp3) is 0.100. The molecule has 110 valence electrons. The minimum atomic E-state index is -2.67. The van der Waals surface area contributed by atoms with Crippen molar-refractivity contribution in [2.75, 3.05) is 0 Å². The second kappa shape index (κ2) is 6.77. The Labute approximate surface area is 132 Å². The molecule has 3 rings (SSSR count). The summed E-state index contributed by atoms with van der Waals surface area (Å²) in [5, 5.41) is 0.874. The lowest BCUT2D eigenvalue weighted by molar-refractivity contribution is 0.591. The molecule has 22 heavy (non-hydrogen) atoms. The van der Waals surface area contributed by atoms with E-state index in [1.807, 2.05) is 78.4 Å². The lowest BCUT2D eigenvalue weighted by atomic mass is 10.2. The van der Waals surface area contributed by atoms with Crippen LogP contribution in [0, 0.1) is 11.8 Å². The van der Waals surface area contributed by atoms with E-state index >= 15 is 0 Å². The zero-order valence-corrected chi connectivity index (χ0v) is 13.2. The number of benzene rings is 1. The van der Waals surface area contributed by atoms with Crippen LogP contribution in [-0.2, 0) is 4.57 Å². The standard InChI is InChI=1S/C20H19OP/c21-22(20-12-2-1-3-13-20,16-14-18-8-4-5-9-18)17-15-19-10-6-7-11-19/h1-19H/b16-14+,17-15+. The summed E-state index contributed by atoms with van der Waals surface area (Å²) in [7, 11) is -2.67. The third-order valence-corrected chi connectivity index (χ3v) is 6.11. The smallest absolute Gasteiger partial charge is 0.156 e. The highest BCUT2D eigenvalue weighted by molar-refractivity contribution is 7.77. The quantitative estimate of drug-likeness (QED) is 0.684. The molecule has 0 saturated carbocycles. The molecule has 0 aliphatic heterocycles. The molecule has 1 aromatic rings. The molecule has 0 spiro atoms. The molecular weight excluding hydrogens is 287 g/mol. The Hall–Kier alpha value is -2.11. The normalized spacial score (nSPS) is 18.5. The number of hydrogen-bond donors (Lipinski definition) is 0. The van der Waals surface area contributed by atoms with Crippen molar-refractivity contribution < 1.29 is 4.57 Å². The van der Waals surface area contributed by atoms with Crippen LogP contribution in [0.15, 0.2) is 103 Å². The summed E-state index contributed by atoms with van der Waals surface area (Å²) in [6.45, 7) is 0. The Morgan fingerprint density at radius 3 is 1.64 bits per heavy atom. The molecule has 0 amide bonds. The maximum Gasteiger partial charge on any atom is 0.156 e. The molecule has 0 aromatic heterocycles. The summed E-state index contributed by atoms with van der Waals surface area (Å²) in [4.78, 5) is 0. The van der Waals surface area contributed by atoms with Gasteiger partial charge in [0.05, 0.1) is 0 Å². The molecule has 0 fully saturated rings. The van der Waals surface area contributed by atoms with Crippen LogP contribution in [0.1, 0.15) is 0 Å². The van der Waals surface area contributed by atoms with E-state index in [0.717, 1.165) is 5.30 Å². The van der Waals surface area contributed by atoms with Gasteiger partial charge in [-0.05, 0) is 11.6 Å². The average Bonchev–Trinajstić information content (AvgIpc) is 3.25. The molecule has 1 aromatic carbocycles. The van der Waals surface area contributed by atoms with Crippen molar-refractivity contribution in [3.63, 3.8) is 0 Å². The largest absolute Gasteiger partial charge is 0.310 e. The SMILES string of the molecule is O=P(/C=C/C1C=CC=C1)(/C=C/C1C=CC=C1)c1ccccc1. The van der Waals surface area contributed by atoms with Crippen molar-refractivity contribution in [1.82, 2.24) is 0 Å². The average molecular weight is 306 g/mol. The summed E-state index contributed by atoms with van der Waals surface area (Å²) in [6.07, 6.45) is 20.5. The third kappa shape index (κ3) is 3.55. The zero-order valence-electron chi connectivity index (χ0n) is 12.3. The molecule has 2 aliphatic rings. The van der Waals surface area contributed by atoms with Crippen molar-refractivity contribution in [2.45, 2.75) is 0 Å². The Bertz CT molecular complexity index is 666. The van der Waals surface area contributed by atoms with Crippen LogP contribution in [0.4, 0.5) is 0 Å². The maximum absolute atomic E-state index is 13.5. The highest BCUT2D eigenvalue weighted by Gasteiger charge is 2.18. The zero-order chi connectivity index (χ0) is 15.3. The van der Waals surface area contributed by atoms with Crippen LogP contribution in [0.3, 0.4) is 0 Å². The molecule has 0 bridgehead atoms. The molecule has 0 N–H and O–H groups in total. The third-order valence-electron chi connectivity index (χ3n) is 3.77. The monoisotopic (exact) mass is 306 g/mol. The van der Waals surface area contributed by atoms with Crippen LogP contribution in [0.25, 0.3) is 0 Å². The van der Waals surface area contributed by atoms with Gasteiger partial charge >= 0.3 is 0 Å². The first-order chi connectivity index (χ1) is 10.8. The van der Waals surface area contributed by atoms with Crippen LogP contribution >= 0.6 is 7.14 Å². The first-order valence-corrected chi connectivity index (χ1v) is 9.35. The molecule has 2 heteroatoms. The van der Waals surface area contributed by atoms with Gasteiger partial charge in [-0.15, -0.1) is 0 Å². The fourth-order valence-corrected chi connectivity index (χ4v) is 4.48. The van der Waals surface area contributed by atoms with Gasteiger partial charge in [-0.3, -0.25) is 0 Å². The lowest BCUT2D eigenvalue weighted by Gasteiger charge is -2.11. The van der Waals surface area contributed by atoms with Gasteiger partial charge in [-0.1, -0.05) is 91.1 Å². The van der Waals surface area contributed by atoms with Crippen LogP contribution in [-0.4, -0.2) is 0 Å². The first-order valence-electron chi connectivity index (χ1n) is 7.50. The van der Waals surface area contributed by atoms with Crippen molar-refractivity contribution in [3.05, 3.63) is 103 Å². The van der Waals surface area contributed by atoms with Crippen molar-refractivity contribution in [2.24, 2.45) is 11.8 Å². The maximum atomic E-state index is 13.5. The van der Waals surface area contributed by atoms with Gasteiger partial charge in [-0.2, -0.15) is 0 Å². The second-order valence-electron chi connectivity index (χ2n) is 5.42. The van der Waals surface area contributed by atoms with E-state index in [4.69, 9.17) is 0 Å². The molecule has 0 unspecified atom stereocenters. The number of hydrogen-bond acceptors (Lipinski definition) is 1. The summed E-state index contributed by atoms with van der Waals surface area (Å²) in [5.74, 6) is 4.26. The van der Waals surface area contributed by atoms with E-state index in [9.17, 15) is 4.57 Å². The number of allylic oxidation sites excluding steroid dienone is 10. The van der Waals surface area contributed by atoms with E-state index in [1.165, 1.54) is 0 Å². The molecule has 0 atom stereocenters. The molecule has 2 aliphatic carbocycles. The van der Waals surface area contributed by atoms with Gasteiger partial charge in [0.15, 0.2) is 7.14 Å². The fourth-order valence-electron chi connectivity index (χ4n) is 2.49. The Kier molecular flexibility index (Phi) is 4.56. The lowest BCUT2D eigenvalue weighted by Crippen LogP contribution is -2.00. The van der Waals surface area contributed by atoms with Gasteiger partial charge in [0, 0.05) is 17.1 Å². The van der Waals surface area contributed by atoms with Gasteiger partial charge in [0.25, 0.3) is 0 Å². The molecular formula is C20H19OP. The van der Waals surface area contributed by atoms with Crippen LogP contribution in [0.5, 0.6) is 0 Å². The van der Waals surface area contributed by atoms with Crippen LogP contribution < -0.4 is 5.30 Å². The topological polar surface area (TPSA) is 17.1 Å². The highest BCUT2D eigenvalue weighted by Crippen LogP contribution is 2.48.